The SMILES string of the molecule is C[C@H](CN1CCOCC1)NC(=O)c1cncc(-c2cncnc2)c1. The third kappa shape index (κ3) is 4.33. The van der Waals surface area contributed by atoms with Gasteiger partial charge in [0, 0.05) is 61.6 Å². The molecule has 1 aliphatic heterocycles. The summed E-state index contributed by atoms with van der Waals surface area (Å²) >= 11 is 0. The van der Waals surface area contributed by atoms with E-state index in [1.807, 2.05) is 13.0 Å². The van der Waals surface area contributed by atoms with Crippen molar-refractivity contribution in [3.05, 3.63) is 42.7 Å². The molecule has 1 aliphatic rings. The highest BCUT2D eigenvalue weighted by molar-refractivity contribution is 5.95. The number of carbonyl (C=O) groups is 1. The van der Waals surface area contributed by atoms with E-state index in [-0.39, 0.29) is 11.9 Å². The van der Waals surface area contributed by atoms with Gasteiger partial charge >= 0.3 is 0 Å². The number of morpholine rings is 1. The molecule has 1 amide bonds. The number of hydrogen-bond acceptors (Lipinski definition) is 6. The van der Waals surface area contributed by atoms with Crippen molar-refractivity contribution in [2.24, 2.45) is 0 Å². The van der Waals surface area contributed by atoms with Gasteiger partial charge < -0.3 is 10.1 Å². The van der Waals surface area contributed by atoms with Crippen LogP contribution in [-0.4, -0.2) is 64.6 Å². The minimum Gasteiger partial charge on any atom is -0.379 e. The van der Waals surface area contributed by atoms with E-state index in [1.54, 1.807) is 24.8 Å². The normalized spacial score (nSPS) is 16.5. The first-order chi connectivity index (χ1) is 11.7. The molecule has 24 heavy (non-hydrogen) atoms. The van der Waals surface area contributed by atoms with Gasteiger partial charge in [0.25, 0.3) is 5.91 Å². The Kier molecular flexibility index (Phi) is 5.45. The molecule has 0 aromatic carbocycles. The maximum Gasteiger partial charge on any atom is 0.253 e. The van der Waals surface area contributed by atoms with Gasteiger partial charge in [0.1, 0.15) is 6.33 Å². The quantitative estimate of drug-likeness (QED) is 0.882. The van der Waals surface area contributed by atoms with Gasteiger partial charge in [0.2, 0.25) is 0 Å². The molecule has 0 unspecified atom stereocenters. The fourth-order valence-corrected chi connectivity index (χ4v) is 2.69. The van der Waals surface area contributed by atoms with Crippen LogP contribution in [0.3, 0.4) is 0 Å². The second kappa shape index (κ2) is 7.94. The number of aromatic nitrogens is 3. The first-order valence-corrected chi connectivity index (χ1v) is 8.04. The lowest BCUT2D eigenvalue weighted by Crippen LogP contribution is -2.46. The number of carbonyl (C=O) groups excluding carboxylic acids is 1. The van der Waals surface area contributed by atoms with Gasteiger partial charge in [0.15, 0.2) is 0 Å². The molecule has 0 spiro atoms. The van der Waals surface area contributed by atoms with Crippen LogP contribution in [0.1, 0.15) is 17.3 Å². The molecule has 0 bridgehead atoms. The largest absolute Gasteiger partial charge is 0.379 e. The molecular weight excluding hydrogens is 306 g/mol. The van der Waals surface area contributed by atoms with E-state index in [0.717, 1.165) is 44.0 Å². The molecule has 1 N–H and O–H groups in total. The van der Waals surface area contributed by atoms with Crippen molar-refractivity contribution in [3.63, 3.8) is 0 Å². The van der Waals surface area contributed by atoms with Crippen molar-refractivity contribution < 1.29 is 9.53 Å². The van der Waals surface area contributed by atoms with Crippen LogP contribution in [0.5, 0.6) is 0 Å². The summed E-state index contributed by atoms with van der Waals surface area (Å²) in [6, 6.07) is 1.86. The summed E-state index contributed by atoms with van der Waals surface area (Å²) in [6.07, 6.45) is 8.15. The molecule has 0 aliphatic carbocycles. The molecule has 3 heterocycles. The summed E-state index contributed by atoms with van der Waals surface area (Å²) in [5.74, 6) is -0.123. The van der Waals surface area contributed by atoms with E-state index >= 15 is 0 Å². The minimum absolute atomic E-state index is 0.0549. The van der Waals surface area contributed by atoms with Crippen molar-refractivity contribution in [3.8, 4) is 11.1 Å². The minimum atomic E-state index is -0.123. The number of pyridine rings is 1. The first-order valence-electron chi connectivity index (χ1n) is 8.04. The zero-order valence-corrected chi connectivity index (χ0v) is 13.7. The van der Waals surface area contributed by atoms with Crippen LogP contribution in [-0.2, 0) is 4.74 Å². The van der Waals surface area contributed by atoms with Gasteiger partial charge in [-0.15, -0.1) is 0 Å². The Morgan fingerprint density at radius 3 is 2.62 bits per heavy atom. The Morgan fingerprint density at radius 1 is 1.17 bits per heavy atom. The maximum atomic E-state index is 12.5. The van der Waals surface area contributed by atoms with Crippen LogP contribution in [0.25, 0.3) is 11.1 Å². The second-order valence-corrected chi connectivity index (χ2v) is 5.88. The van der Waals surface area contributed by atoms with Gasteiger partial charge in [-0.25, -0.2) is 9.97 Å². The number of ether oxygens (including phenoxy) is 1. The molecule has 2 aromatic rings. The van der Waals surface area contributed by atoms with Crippen LogP contribution in [0.15, 0.2) is 37.2 Å². The number of nitrogens with zero attached hydrogens (tertiary/aromatic N) is 4. The average Bonchev–Trinajstić information content (AvgIpc) is 2.63. The van der Waals surface area contributed by atoms with Crippen molar-refractivity contribution in [1.29, 1.82) is 0 Å². The lowest BCUT2D eigenvalue weighted by atomic mass is 10.1. The smallest absolute Gasteiger partial charge is 0.253 e. The summed E-state index contributed by atoms with van der Waals surface area (Å²) in [7, 11) is 0. The van der Waals surface area contributed by atoms with E-state index in [0.29, 0.717) is 5.56 Å². The first kappa shape index (κ1) is 16.5. The van der Waals surface area contributed by atoms with E-state index in [2.05, 4.69) is 25.2 Å². The molecule has 0 radical (unpaired) electrons. The van der Waals surface area contributed by atoms with Gasteiger partial charge in [-0.05, 0) is 13.0 Å². The summed E-state index contributed by atoms with van der Waals surface area (Å²) in [4.78, 5) is 26.9. The van der Waals surface area contributed by atoms with Gasteiger partial charge in [-0.2, -0.15) is 0 Å². The third-order valence-corrected chi connectivity index (χ3v) is 3.91. The van der Waals surface area contributed by atoms with Crippen LogP contribution in [0.4, 0.5) is 0 Å². The Balaban J connectivity index is 1.62. The van der Waals surface area contributed by atoms with Crippen LogP contribution in [0.2, 0.25) is 0 Å². The Bertz CT molecular complexity index is 674. The molecular formula is C17H21N5O2. The molecule has 0 saturated carbocycles. The highest BCUT2D eigenvalue weighted by atomic mass is 16.5. The summed E-state index contributed by atoms with van der Waals surface area (Å²) in [5.41, 5.74) is 2.19. The molecule has 1 saturated heterocycles. The summed E-state index contributed by atoms with van der Waals surface area (Å²) in [5, 5.41) is 3.03. The van der Waals surface area contributed by atoms with Crippen molar-refractivity contribution in [2.45, 2.75) is 13.0 Å². The fraction of sp³-hybridized carbons (Fsp3) is 0.412. The topological polar surface area (TPSA) is 80.2 Å². The zero-order chi connectivity index (χ0) is 16.8. The summed E-state index contributed by atoms with van der Waals surface area (Å²) in [6.45, 7) is 6.15. The predicted molar refractivity (Wildman–Crippen MR) is 89.5 cm³/mol. The van der Waals surface area contributed by atoms with Gasteiger partial charge in [0.05, 0.1) is 18.8 Å². The summed E-state index contributed by atoms with van der Waals surface area (Å²) < 4.78 is 5.34. The predicted octanol–water partition coefficient (Wildman–Crippen LogP) is 0.989. The Hall–Kier alpha value is -2.38. The third-order valence-electron chi connectivity index (χ3n) is 3.91. The number of hydrogen-bond donors (Lipinski definition) is 1. The van der Waals surface area contributed by atoms with Crippen LogP contribution in [0, 0.1) is 0 Å². The molecule has 126 valence electrons. The van der Waals surface area contributed by atoms with Crippen LogP contribution < -0.4 is 5.32 Å². The molecule has 7 heteroatoms. The van der Waals surface area contributed by atoms with Crippen LogP contribution >= 0.6 is 0 Å². The number of nitrogens with one attached hydrogen (secondary N) is 1. The average molecular weight is 327 g/mol. The monoisotopic (exact) mass is 327 g/mol. The Morgan fingerprint density at radius 2 is 1.88 bits per heavy atom. The fourth-order valence-electron chi connectivity index (χ4n) is 2.69. The van der Waals surface area contributed by atoms with Gasteiger partial charge in [-0.1, -0.05) is 0 Å². The number of amides is 1. The van der Waals surface area contributed by atoms with E-state index in [4.69, 9.17) is 4.74 Å². The van der Waals surface area contributed by atoms with E-state index < -0.39 is 0 Å². The molecule has 2 aromatic heterocycles. The zero-order valence-electron chi connectivity index (χ0n) is 13.7. The molecule has 1 atom stereocenters. The Labute approximate surface area is 141 Å². The molecule has 3 rings (SSSR count). The molecule has 7 nitrogen and oxygen atoms in total. The second-order valence-electron chi connectivity index (χ2n) is 5.88. The number of rotatable bonds is 5. The highest BCUT2D eigenvalue weighted by Gasteiger charge is 2.16. The van der Waals surface area contributed by atoms with E-state index in [1.165, 1.54) is 6.33 Å². The highest BCUT2D eigenvalue weighted by Crippen LogP contribution is 2.17. The lowest BCUT2D eigenvalue weighted by molar-refractivity contribution is 0.0342. The lowest BCUT2D eigenvalue weighted by Gasteiger charge is -2.29. The standard InChI is InChI=1S/C17H21N5O2/c1-13(11-22-2-4-24-5-3-22)21-17(23)15-6-14(7-18-8-15)16-9-19-12-20-10-16/h6-10,12-13H,2-5,11H2,1H3,(H,21,23)/t13-/m1/s1. The van der Waals surface area contributed by atoms with Crippen molar-refractivity contribution in [2.75, 3.05) is 32.8 Å². The van der Waals surface area contributed by atoms with E-state index in [9.17, 15) is 4.79 Å². The van der Waals surface area contributed by atoms with Crippen molar-refractivity contribution >= 4 is 5.91 Å². The van der Waals surface area contributed by atoms with Crippen molar-refractivity contribution in [1.82, 2.24) is 25.2 Å². The molecule has 1 fully saturated rings. The maximum absolute atomic E-state index is 12.5. The van der Waals surface area contributed by atoms with Gasteiger partial charge in [-0.3, -0.25) is 14.7 Å².